The van der Waals surface area contributed by atoms with Crippen molar-refractivity contribution in [3.63, 3.8) is 0 Å². The van der Waals surface area contributed by atoms with Crippen LogP contribution in [-0.2, 0) is 15.1 Å². The van der Waals surface area contributed by atoms with E-state index in [1.165, 1.54) is 26.4 Å². The van der Waals surface area contributed by atoms with Crippen LogP contribution in [0, 0.1) is 6.92 Å². The van der Waals surface area contributed by atoms with E-state index in [0.29, 0.717) is 11.3 Å². The molecular formula is C18H27F3N2O4. The minimum Gasteiger partial charge on any atom is -0.496 e. The number of aryl methyl sites for hydroxylation is 1. The number of nitrogens with zero attached hydrogens (tertiary/aromatic N) is 2. The van der Waals surface area contributed by atoms with Gasteiger partial charge in [0.25, 0.3) is 0 Å². The van der Waals surface area contributed by atoms with Crippen molar-refractivity contribution in [2.24, 2.45) is 4.99 Å². The SMILES string of the molecule is CCN(C)C=Nc1cc(OC)c(C(O)(COCCOC)C(F)(F)F)cc1C. The van der Waals surface area contributed by atoms with E-state index in [4.69, 9.17) is 14.2 Å². The van der Waals surface area contributed by atoms with Gasteiger partial charge in [-0.3, -0.25) is 0 Å². The summed E-state index contributed by atoms with van der Waals surface area (Å²) in [5, 5.41) is 10.5. The third-order valence-electron chi connectivity index (χ3n) is 4.07. The molecule has 0 fully saturated rings. The van der Waals surface area contributed by atoms with Crippen LogP contribution in [0.15, 0.2) is 17.1 Å². The van der Waals surface area contributed by atoms with Gasteiger partial charge in [0.1, 0.15) is 5.75 Å². The molecule has 0 aliphatic heterocycles. The average molecular weight is 392 g/mol. The zero-order valence-electron chi connectivity index (χ0n) is 16.3. The molecule has 6 nitrogen and oxygen atoms in total. The third-order valence-corrected chi connectivity index (χ3v) is 4.07. The van der Waals surface area contributed by atoms with Gasteiger partial charge in [0.05, 0.1) is 39.0 Å². The van der Waals surface area contributed by atoms with Gasteiger partial charge >= 0.3 is 6.18 Å². The van der Waals surface area contributed by atoms with E-state index in [0.717, 1.165) is 6.54 Å². The molecule has 154 valence electrons. The molecule has 1 N–H and O–H groups in total. The first-order chi connectivity index (χ1) is 12.6. The Labute approximate surface area is 157 Å². The minimum absolute atomic E-state index is 0.0814. The van der Waals surface area contributed by atoms with Gasteiger partial charge in [-0.2, -0.15) is 13.2 Å². The van der Waals surface area contributed by atoms with Crippen LogP contribution < -0.4 is 4.74 Å². The highest BCUT2D eigenvalue weighted by atomic mass is 19.4. The predicted molar refractivity (Wildman–Crippen MR) is 96.8 cm³/mol. The normalized spacial score (nSPS) is 14.4. The Morgan fingerprint density at radius 1 is 1.22 bits per heavy atom. The topological polar surface area (TPSA) is 63.5 Å². The van der Waals surface area contributed by atoms with Crippen molar-refractivity contribution in [2.75, 3.05) is 47.6 Å². The van der Waals surface area contributed by atoms with E-state index in [-0.39, 0.29) is 19.0 Å². The molecule has 0 saturated carbocycles. The highest BCUT2D eigenvalue weighted by molar-refractivity contribution is 5.65. The minimum atomic E-state index is -4.97. The molecule has 0 saturated heterocycles. The van der Waals surface area contributed by atoms with E-state index < -0.39 is 23.9 Å². The summed E-state index contributed by atoms with van der Waals surface area (Å²) in [5.41, 5.74) is -2.73. The Morgan fingerprint density at radius 2 is 1.89 bits per heavy atom. The van der Waals surface area contributed by atoms with Crippen molar-refractivity contribution in [2.45, 2.75) is 25.6 Å². The second-order valence-corrected chi connectivity index (χ2v) is 6.06. The van der Waals surface area contributed by atoms with Crippen molar-refractivity contribution in [3.05, 3.63) is 23.3 Å². The number of aliphatic hydroxyl groups is 1. The monoisotopic (exact) mass is 392 g/mol. The molecule has 1 aromatic rings. The Bertz CT molecular complexity index is 638. The van der Waals surface area contributed by atoms with E-state index in [2.05, 4.69) is 4.99 Å². The molecule has 1 unspecified atom stereocenters. The van der Waals surface area contributed by atoms with Crippen LogP contribution in [0.25, 0.3) is 0 Å². The zero-order chi connectivity index (χ0) is 20.7. The van der Waals surface area contributed by atoms with Gasteiger partial charge in [0.2, 0.25) is 5.60 Å². The zero-order valence-corrected chi connectivity index (χ0v) is 16.3. The first kappa shape index (κ1) is 23.2. The summed E-state index contributed by atoms with van der Waals surface area (Å²) in [6.45, 7) is 3.34. The summed E-state index contributed by atoms with van der Waals surface area (Å²) >= 11 is 0. The smallest absolute Gasteiger partial charge is 0.423 e. The van der Waals surface area contributed by atoms with Crippen LogP contribution in [0.4, 0.5) is 18.9 Å². The molecule has 1 atom stereocenters. The molecule has 0 aromatic heterocycles. The quantitative estimate of drug-likeness (QED) is 0.377. The van der Waals surface area contributed by atoms with Gasteiger partial charge in [-0.05, 0) is 25.5 Å². The Balaban J connectivity index is 3.33. The van der Waals surface area contributed by atoms with Gasteiger partial charge in [0.15, 0.2) is 0 Å². The van der Waals surface area contributed by atoms with Crippen molar-refractivity contribution in [3.8, 4) is 5.75 Å². The molecule has 0 radical (unpaired) electrons. The lowest BCUT2D eigenvalue weighted by Crippen LogP contribution is -2.46. The molecule has 0 heterocycles. The number of rotatable bonds is 10. The predicted octanol–water partition coefficient (Wildman–Crippen LogP) is 3.03. The number of halogens is 3. The van der Waals surface area contributed by atoms with Gasteiger partial charge in [-0.1, -0.05) is 0 Å². The highest BCUT2D eigenvalue weighted by Crippen LogP contribution is 2.45. The molecule has 0 aliphatic carbocycles. The van der Waals surface area contributed by atoms with Crippen molar-refractivity contribution in [1.29, 1.82) is 0 Å². The fraction of sp³-hybridized carbons (Fsp3) is 0.611. The number of aliphatic imine (C=N–C) groups is 1. The van der Waals surface area contributed by atoms with Crippen LogP contribution in [0.1, 0.15) is 18.1 Å². The maximum absolute atomic E-state index is 13.7. The molecule has 27 heavy (non-hydrogen) atoms. The molecule has 0 amide bonds. The highest BCUT2D eigenvalue weighted by Gasteiger charge is 2.56. The molecule has 9 heteroatoms. The fourth-order valence-electron chi connectivity index (χ4n) is 2.23. The third kappa shape index (κ3) is 5.82. The number of hydrogen-bond donors (Lipinski definition) is 1. The number of methoxy groups -OCH3 is 2. The van der Waals surface area contributed by atoms with Gasteiger partial charge in [-0.25, -0.2) is 4.99 Å². The summed E-state index contributed by atoms with van der Waals surface area (Å²) in [4.78, 5) is 6.08. The van der Waals surface area contributed by atoms with E-state index in [9.17, 15) is 18.3 Å². The summed E-state index contributed by atoms with van der Waals surface area (Å²) in [7, 11) is 4.47. The first-order valence-corrected chi connectivity index (χ1v) is 8.40. The summed E-state index contributed by atoms with van der Waals surface area (Å²) in [6.07, 6.45) is -3.39. The first-order valence-electron chi connectivity index (χ1n) is 8.40. The maximum Gasteiger partial charge on any atom is 0.423 e. The van der Waals surface area contributed by atoms with E-state index in [1.54, 1.807) is 13.3 Å². The van der Waals surface area contributed by atoms with Crippen LogP contribution in [-0.4, -0.2) is 70.2 Å². The molecule has 1 aromatic carbocycles. The fourth-order valence-corrected chi connectivity index (χ4v) is 2.23. The largest absolute Gasteiger partial charge is 0.496 e. The van der Waals surface area contributed by atoms with Gasteiger partial charge < -0.3 is 24.2 Å². The second-order valence-electron chi connectivity index (χ2n) is 6.06. The van der Waals surface area contributed by atoms with Crippen LogP contribution in [0.3, 0.4) is 0 Å². The van der Waals surface area contributed by atoms with Crippen LogP contribution in [0.2, 0.25) is 0 Å². The van der Waals surface area contributed by atoms with Crippen molar-refractivity contribution >= 4 is 12.0 Å². The van der Waals surface area contributed by atoms with E-state index >= 15 is 0 Å². The van der Waals surface area contributed by atoms with Gasteiger partial charge in [-0.15, -0.1) is 0 Å². The lowest BCUT2D eigenvalue weighted by molar-refractivity contribution is -0.282. The molecule has 0 bridgehead atoms. The lowest BCUT2D eigenvalue weighted by Gasteiger charge is -2.32. The van der Waals surface area contributed by atoms with Gasteiger partial charge in [0, 0.05) is 32.3 Å². The molecule has 0 spiro atoms. The van der Waals surface area contributed by atoms with Crippen LogP contribution in [0.5, 0.6) is 5.75 Å². The number of hydrogen-bond acceptors (Lipinski definition) is 5. The Morgan fingerprint density at radius 3 is 2.41 bits per heavy atom. The molecular weight excluding hydrogens is 365 g/mol. The molecule has 1 rings (SSSR count). The summed E-state index contributed by atoms with van der Waals surface area (Å²) < 4.78 is 55.9. The van der Waals surface area contributed by atoms with Crippen molar-refractivity contribution in [1.82, 2.24) is 4.90 Å². The van der Waals surface area contributed by atoms with Crippen LogP contribution >= 0.6 is 0 Å². The second kappa shape index (κ2) is 9.91. The maximum atomic E-state index is 13.7. The number of ether oxygens (including phenoxy) is 3. The average Bonchev–Trinajstić information content (AvgIpc) is 2.62. The Hall–Kier alpha value is -1.84. The Kier molecular flexibility index (Phi) is 8.52. The van der Waals surface area contributed by atoms with Crippen molar-refractivity contribution < 1.29 is 32.5 Å². The van der Waals surface area contributed by atoms with E-state index in [1.807, 2.05) is 18.9 Å². The summed E-state index contributed by atoms with van der Waals surface area (Å²) in [5.74, 6) is -0.123. The lowest BCUT2D eigenvalue weighted by atomic mass is 9.91. The number of benzene rings is 1. The summed E-state index contributed by atoms with van der Waals surface area (Å²) in [6, 6.07) is 2.60. The standard InChI is InChI=1S/C18H27F3N2O4/c1-6-23(3)12-22-15-10-16(26-5)14(9-13(15)2)17(24,18(19,20)21)11-27-8-7-25-4/h9-10,12,24H,6-8,11H2,1-5H3. The molecule has 0 aliphatic rings. The number of alkyl halides is 3.